The molecule has 0 saturated carbocycles. The van der Waals surface area contributed by atoms with E-state index in [1.54, 1.807) is 42.9 Å². The van der Waals surface area contributed by atoms with Gasteiger partial charge < -0.3 is 5.32 Å². The maximum absolute atomic E-state index is 12.7. The van der Waals surface area contributed by atoms with Gasteiger partial charge in [-0.05, 0) is 23.8 Å². The summed E-state index contributed by atoms with van der Waals surface area (Å²) in [4.78, 5) is 12.7. The molecule has 1 amide bonds. The SMILES string of the molecule is CCN(CC)S(=O)(=O)c1cccc(C(=O)Nc2ccn(Cc3ccccc3)n2)c1. The van der Waals surface area contributed by atoms with Crippen LogP contribution >= 0.6 is 0 Å². The number of amides is 1. The van der Waals surface area contributed by atoms with E-state index in [-0.39, 0.29) is 10.5 Å². The average molecular weight is 413 g/mol. The van der Waals surface area contributed by atoms with Crippen molar-refractivity contribution >= 4 is 21.7 Å². The van der Waals surface area contributed by atoms with Gasteiger partial charge in [0.25, 0.3) is 5.91 Å². The third-order valence-electron chi connectivity index (χ3n) is 4.51. The van der Waals surface area contributed by atoms with Crippen LogP contribution in [0, 0.1) is 0 Å². The number of nitrogens with one attached hydrogen (secondary N) is 1. The lowest BCUT2D eigenvalue weighted by molar-refractivity contribution is 0.102. The Balaban J connectivity index is 1.73. The highest BCUT2D eigenvalue weighted by molar-refractivity contribution is 7.89. The lowest BCUT2D eigenvalue weighted by Crippen LogP contribution is -2.30. The summed E-state index contributed by atoms with van der Waals surface area (Å²) in [6.45, 7) is 4.89. The Morgan fingerprint density at radius 2 is 1.76 bits per heavy atom. The smallest absolute Gasteiger partial charge is 0.256 e. The summed E-state index contributed by atoms with van der Waals surface area (Å²) < 4.78 is 28.5. The van der Waals surface area contributed by atoms with Crippen molar-refractivity contribution in [3.05, 3.63) is 78.0 Å². The molecule has 0 saturated heterocycles. The molecule has 3 aromatic rings. The van der Waals surface area contributed by atoms with Crippen molar-refractivity contribution in [3.63, 3.8) is 0 Å². The molecule has 0 aliphatic carbocycles. The molecule has 29 heavy (non-hydrogen) atoms. The van der Waals surface area contributed by atoms with E-state index in [0.29, 0.717) is 25.5 Å². The summed E-state index contributed by atoms with van der Waals surface area (Å²) in [5.74, 6) is -0.00510. The number of benzene rings is 2. The van der Waals surface area contributed by atoms with Gasteiger partial charge in [-0.15, -0.1) is 0 Å². The van der Waals surface area contributed by atoms with Gasteiger partial charge in [0.1, 0.15) is 0 Å². The van der Waals surface area contributed by atoms with E-state index in [9.17, 15) is 13.2 Å². The topological polar surface area (TPSA) is 84.3 Å². The average Bonchev–Trinajstić information content (AvgIpc) is 3.16. The number of carbonyl (C=O) groups excluding carboxylic acids is 1. The molecule has 0 aliphatic rings. The molecule has 0 atom stereocenters. The van der Waals surface area contributed by atoms with Gasteiger partial charge in [0.05, 0.1) is 11.4 Å². The standard InChI is InChI=1S/C21H24N4O3S/c1-3-25(4-2)29(27,28)19-12-8-11-18(15-19)21(26)22-20-13-14-24(23-20)16-17-9-6-5-7-10-17/h5-15H,3-4,16H2,1-2H3,(H,22,23,26). The minimum Gasteiger partial charge on any atom is -0.305 e. The van der Waals surface area contributed by atoms with Crippen molar-refractivity contribution in [2.45, 2.75) is 25.3 Å². The second-order valence-corrected chi connectivity index (χ2v) is 8.39. The number of aromatic nitrogens is 2. The zero-order valence-electron chi connectivity index (χ0n) is 16.4. The zero-order chi connectivity index (χ0) is 20.9. The van der Waals surface area contributed by atoms with Crippen molar-refractivity contribution in [3.8, 4) is 0 Å². The van der Waals surface area contributed by atoms with Crippen LogP contribution in [0.25, 0.3) is 0 Å². The summed E-state index contributed by atoms with van der Waals surface area (Å²) >= 11 is 0. The molecule has 2 aromatic carbocycles. The quantitative estimate of drug-likeness (QED) is 0.616. The molecular formula is C21H24N4O3S. The number of rotatable bonds is 8. The monoisotopic (exact) mass is 412 g/mol. The third-order valence-corrected chi connectivity index (χ3v) is 6.55. The van der Waals surface area contributed by atoms with Crippen LogP contribution in [0.1, 0.15) is 29.8 Å². The van der Waals surface area contributed by atoms with Gasteiger partial charge in [-0.3, -0.25) is 9.48 Å². The number of anilines is 1. The first-order valence-electron chi connectivity index (χ1n) is 9.43. The second-order valence-electron chi connectivity index (χ2n) is 6.46. The lowest BCUT2D eigenvalue weighted by atomic mass is 10.2. The van der Waals surface area contributed by atoms with Gasteiger partial charge in [0.2, 0.25) is 10.0 Å². The molecule has 8 heteroatoms. The Morgan fingerprint density at radius 1 is 1.03 bits per heavy atom. The van der Waals surface area contributed by atoms with Crippen LogP contribution in [0.4, 0.5) is 5.82 Å². The van der Waals surface area contributed by atoms with Crippen LogP contribution in [-0.4, -0.2) is 41.5 Å². The van der Waals surface area contributed by atoms with Crippen LogP contribution < -0.4 is 5.32 Å². The number of carbonyl (C=O) groups is 1. The predicted molar refractivity (Wildman–Crippen MR) is 112 cm³/mol. The molecule has 152 valence electrons. The Hall–Kier alpha value is -2.97. The normalized spacial score (nSPS) is 11.6. The second kappa shape index (κ2) is 9.02. The van der Waals surface area contributed by atoms with Crippen LogP contribution in [-0.2, 0) is 16.6 Å². The summed E-state index contributed by atoms with van der Waals surface area (Å²) in [7, 11) is -3.63. The van der Waals surface area contributed by atoms with E-state index in [0.717, 1.165) is 5.56 Å². The van der Waals surface area contributed by atoms with Gasteiger partial charge in [0.15, 0.2) is 5.82 Å². The minimum absolute atomic E-state index is 0.100. The molecule has 1 heterocycles. The maximum Gasteiger partial charge on any atom is 0.256 e. The van der Waals surface area contributed by atoms with Crippen molar-refractivity contribution in [2.75, 3.05) is 18.4 Å². The maximum atomic E-state index is 12.7. The number of sulfonamides is 1. The fraction of sp³-hybridized carbons (Fsp3) is 0.238. The van der Waals surface area contributed by atoms with Crippen molar-refractivity contribution in [1.29, 1.82) is 0 Å². The number of hydrogen-bond donors (Lipinski definition) is 1. The van der Waals surface area contributed by atoms with Crippen LogP contribution in [0.5, 0.6) is 0 Å². The van der Waals surface area contributed by atoms with E-state index < -0.39 is 15.9 Å². The highest BCUT2D eigenvalue weighted by atomic mass is 32.2. The minimum atomic E-state index is -3.63. The molecule has 0 fully saturated rings. The third kappa shape index (κ3) is 4.90. The van der Waals surface area contributed by atoms with E-state index in [1.165, 1.54) is 16.4 Å². The van der Waals surface area contributed by atoms with Crippen molar-refractivity contribution < 1.29 is 13.2 Å². The largest absolute Gasteiger partial charge is 0.305 e. The highest BCUT2D eigenvalue weighted by Gasteiger charge is 2.22. The summed E-state index contributed by atoms with van der Waals surface area (Å²) in [5.41, 5.74) is 1.36. The fourth-order valence-electron chi connectivity index (χ4n) is 2.99. The van der Waals surface area contributed by atoms with Crippen LogP contribution in [0.3, 0.4) is 0 Å². The van der Waals surface area contributed by atoms with Gasteiger partial charge in [-0.25, -0.2) is 8.42 Å². The molecular weight excluding hydrogens is 388 g/mol. The summed E-state index contributed by atoms with van der Waals surface area (Å²) in [5, 5.41) is 7.08. The van der Waals surface area contributed by atoms with Crippen molar-refractivity contribution in [2.24, 2.45) is 0 Å². The number of nitrogens with zero attached hydrogens (tertiary/aromatic N) is 3. The zero-order valence-corrected chi connectivity index (χ0v) is 17.3. The Bertz CT molecular complexity index is 1070. The van der Waals surface area contributed by atoms with Crippen LogP contribution in [0.15, 0.2) is 71.8 Å². The molecule has 0 bridgehead atoms. The number of hydrogen-bond acceptors (Lipinski definition) is 4. The Kier molecular flexibility index (Phi) is 6.46. The van der Waals surface area contributed by atoms with Gasteiger partial charge in [0, 0.05) is 30.9 Å². The Morgan fingerprint density at radius 3 is 2.45 bits per heavy atom. The van der Waals surface area contributed by atoms with Crippen molar-refractivity contribution in [1.82, 2.24) is 14.1 Å². The molecule has 1 N–H and O–H groups in total. The molecule has 1 aromatic heterocycles. The van der Waals surface area contributed by atoms with Gasteiger partial charge in [-0.1, -0.05) is 50.2 Å². The lowest BCUT2D eigenvalue weighted by Gasteiger charge is -2.18. The first-order chi connectivity index (χ1) is 13.9. The molecule has 0 spiro atoms. The van der Waals surface area contributed by atoms with Gasteiger partial charge >= 0.3 is 0 Å². The summed E-state index contributed by atoms with van der Waals surface area (Å²) in [6, 6.07) is 17.6. The van der Waals surface area contributed by atoms with Crippen LogP contribution in [0.2, 0.25) is 0 Å². The molecule has 0 unspecified atom stereocenters. The van der Waals surface area contributed by atoms with E-state index in [1.807, 2.05) is 30.3 Å². The first kappa shape index (κ1) is 20.8. The van der Waals surface area contributed by atoms with E-state index >= 15 is 0 Å². The first-order valence-corrected chi connectivity index (χ1v) is 10.9. The molecule has 3 rings (SSSR count). The predicted octanol–water partition coefficient (Wildman–Crippen LogP) is 3.21. The van der Waals surface area contributed by atoms with E-state index in [4.69, 9.17) is 0 Å². The fourth-order valence-corrected chi connectivity index (χ4v) is 4.49. The highest BCUT2D eigenvalue weighted by Crippen LogP contribution is 2.18. The molecule has 0 aliphatic heterocycles. The van der Waals surface area contributed by atoms with E-state index in [2.05, 4.69) is 10.4 Å². The molecule has 7 nitrogen and oxygen atoms in total. The van der Waals surface area contributed by atoms with Gasteiger partial charge in [-0.2, -0.15) is 9.40 Å². The summed E-state index contributed by atoms with van der Waals surface area (Å²) in [6.07, 6.45) is 1.78. The Labute approximate surface area is 171 Å². The molecule has 0 radical (unpaired) electrons.